The van der Waals surface area contributed by atoms with Gasteiger partial charge in [-0.25, -0.2) is 9.13 Å². The van der Waals surface area contributed by atoms with Crippen LogP contribution in [0.5, 0.6) is 0 Å². The summed E-state index contributed by atoms with van der Waals surface area (Å²) in [4.78, 5) is 72.8. The van der Waals surface area contributed by atoms with Gasteiger partial charge in [-0.3, -0.25) is 37.3 Å². The third-order valence-electron chi connectivity index (χ3n) is 18.1. The molecule has 0 aromatic carbocycles. The van der Waals surface area contributed by atoms with Crippen LogP contribution in [0, 0.1) is 17.8 Å². The molecule has 0 radical (unpaired) electrons. The lowest BCUT2D eigenvalue weighted by Crippen LogP contribution is -2.30. The van der Waals surface area contributed by atoms with E-state index in [1.165, 1.54) is 205 Å². The lowest BCUT2D eigenvalue weighted by molar-refractivity contribution is -0.161. The molecule has 0 spiro atoms. The van der Waals surface area contributed by atoms with Gasteiger partial charge >= 0.3 is 39.5 Å². The summed E-state index contributed by atoms with van der Waals surface area (Å²) in [6.07, 6.45) is 55.5. The van der Waals surface area contributed by atoms with Gasteiger partial charge in [0.15, 0.2) is 12.2 Å². The Morgan fingerprint density at radius 3 is 0.701 bits per heavy atom. The van der Waals surface area contributed by atoms with Crippen LogP contribution in [-0.4, -0.2) is 96.7 Å². The zero-order chi connectivity index (χ0) is 71.6. The Hall–Kier alpha value is -1.94. The topological polar surface area (TPSA) is 237 Å². The highest BCUT2D eigenvalue weighted by Gasteiger charge is 2.30. The van der Waals surface area contributed by atoms with E-state index in [2.05, 4.69) is 48.5 Å². The number of hydrogen-bond donors (Lipinski definition) is 3. The minimum absolute atomic E-state index is 0.107. The van der Waals surface area contributed by atoms with Gasteiger partial charge in [0.2, 0.25) is 0 Å². The summed E-state index contributed by atoms with van der Waals surface area (Å²) >= 11 is 0. The first-order valence-electron chi connectivity index (χ1n) is 40.3. The maximum Gasteiger partial charge on any atom is 0.472 e. The van der Waals surface area contributed by atoms with Crippen molar-refractivity contribution in [3.05, 3.63) is 0 Å². The van der Waals surface area contributed by atoms with Crippen molar-refractivity contribution in [2.45, 2.75) is 420 Å². The van der Waals surface area contributed by atoms with Crippen molar-refractivity contribution < 1.29 is 80.2 Å². The van der Waals surface area contributed by atoms with Crippen LogP contribution in [0.1, 0.15) is 402 Å². The summed E-state index contributed by atoms with van der Waals surface area (Å²) in [5.74, 6) is 0.257. The smallest absolute Gasteiger partial charge is 0.462 e. The van der Waals surface area contributed by atoms with E-state index < -0.39 is 97.5 Å². The number of esters is 4. The molecule has 0 bridgehead atoms. The molecule has 0 amide bonds. The molecular weight excluding hydrogens is 1270 g/mol. The Labute approximate surface area is 594 Å². The predicted molar refractivity (Wildman–Crippen MR) is 395 cm³/mol. The number of phosphoric acid groups is 2. The van der Waals surface area contributed by atoms with E-state index in [1.54, 1.807) is 0 Å². The number of ether oxygens (including phenoxy) is 4. The molecule has 5 atom stereocenters. The number of rotatable bonds is 76. The monoisotopic (exact) mass is 1420 g/mol. The van der Waals surface area contributed by atoms with Crippen LogP contribution in [0.15, 0.2) is 0 Å². The maximum atomic E-state index is 13.1. The van der Waals surface area contributed by atoms with Gasteiger partial charge in [-0.2, -0.15) is 0 Å². The Morgan fingerprint density at radius 1 is 0.278 bits per heavy atom. The van der Waals surface area contributed by atoms with Crippen molar-refractivity contribution in [2.75, 3.05) is 39.6 Å². The Balaban J connectivity index is 5.22. The number of hydrogen-bond acceptors (Lipinski definition) is 15. The highest BCUT2D eigenvalue weighted by molar-refractivity contribution is 7.47. The van der Waals surface area contributed by atoms with E-state index in [0.29, 0.717) is 25.7 Å². The molecule has 97 heavy (non-hydrogen) atoms. The van der Waals surface area contributed by atoms with Gasteiger partial charge in [0, 0.05) is 25.7 Å². The molecule has 0 aromatic heterocycles. The highest BCUT2D eigenvalue weighted by atomic mass is 31.2. The second-order valence-corrected chi connectivity index (χ2v) is 32.4. The number of aliphatic hydroxyl groups is 1. The summed E-state index contributed by atoms with van der Waals surface area (Å²) < 4.78 is 68.6. The third kappa shape index (κ3) is 72.2. The number of unbranched alkanes of at least 4 members (excludes halogenated alkanes) is 44. The van der Waals surface area contributed by atoms with E-state index in [9.17, 15) is 43.2 Å². The first kappa shape index (κ1) is 95.1. The molecule has 2 unspecified atom stereocenters. The van der Waals surface area contributed by atoms with Crippen LogP contribution < -0.4 is 0 Å². The molecule has 17 nitrogen and oxygen atoms in total. The number of carbonyl (C=O) groups excluding carboxylic acids is 4. The molecule has 576 valence electrons. The summed E-state index contributed by atoms with van der Waals surface area (Å²) in [7, 11) is -9.91. The van der Waals surface area contributed by atoms with E-state index in [1.807, 2.05) is 0 Å². The van der Waals surface area contributed by atoms with Crippen molar-refractivity contribution in [3.8, 4) is 0 Å². The van der Waals surface area contributed by atoms with Gasteiger partial charge in [0.05, 0.1) is 26.4 Å². The Bertz CT molecular complexity index is 1890. The standard InChI is InChI=1S/C78H152O17P2/c1-8-9-10-11-12-38-45-52-59-75(80)88-65-73(94-77(82)62-55-48-41-34-28-22-16-19-25-31-37-44-51-58-71(6)7)67-92-96(84,85)90-63-72(79)64-91-97(86,87)93-68-74(66-89-76(81)60-53-46-39-32-26-21-15-18-24-30-36-43-50-57-70(4)5)95-78(83)61-54-47-40-33-27-20-14-13-17-23-29-35-42-49-56-69(2)3/h69-74,79H,8-68H2,1-7H3,(H,84,85)(H,86,87)/t72-,73+,74+/m0/s1. The number of phosphoric ester groups is 2. The molecule has 19 heteroatoms. The van der Waals surface area contributed by atoms with Gasteiger partial charge in [-0.05, 0) is 43.4 Å². The molecule has 0 aliphatic heterocycles. The first-order chi connectivity index (χ1) is 46.7. The second kappa shape index (κ2) is 68.5. The molecule has 0 rings (SSSR count). The second-order valence-electron chi connectivity index (χ2n) is 29.5. The van der Waals surface area contributed by atoms with Crippen LogP contribution in [0.25, 0.3) is 0 Å². The van der Waals surface area contributed by atoms with Crippen LogP contribution in [0.2, 0.25) is 0 Å². The van der Waals surface area contributed by atoms with Crippen LogP contribution in [-0.2, 0) is 65.4 Å². The number of carbonyl (C=O) groups is 4. The van der Waals surface area contributed by atoms with Crippen LogP contribution in [0.3, 0.4) is 0 Å². The fraction of sp³-hybridized carbons (Fsp3) is 0.949. The summed E-state index contributed by atoms with van der Waals surface area (Å²) in [5.41, 5.74) is 0. The minimum atomic E-state index is -4.96. The van der Waals surface area contributed by atoms with E-state index in [4.69, 9.17) is 37.0 Å². The average molecular weight is 1420 g/mol. The molecule has 0 saturated heterocycles. The van der Waals surface area contributed by atoms with Crippen molar-refractivity contribution in [3.63, 3.8) is 0 Å². The minimum Gasteiger partial charge on any atom is -0.462 e. The lowest BCUT2D eigenvalue weighted by atomic mass is 10.0. The van der Waals surface area contributed by atoms with Crippen molar-refractivity contribution in [1.82, 2.24) is 0 Å². The van der Waals surface area contributed by atoms with E-state index in [-0.39, 0.29) is 25.7 Å². The van der Waals surface area contributed by atoms with Crippen molar-refractivity contribution >= 4 is 39.5 Å². The lowest BCUT2D eigenvalue weighted by Gasteiger charge is -2.21. The maximum absolute atomic E-state index is 13.1. The van der Waals surface area contributed by atoms with E-state index >= 15 is 0 Å². The molecule has 0 heterocycles. The van der Waals surface area contributed by atoms with Gasteiger partial charge < -0.3 is 33.8 Å². The molecule has 3 N–H and O–H groups in total. The van der Waals surface area contributed by atoms with Crippen LogP contribution >= 0.6 is 15.6 Å². The summed E-state index contributed by atoms with van der Waals surface area (Å²) in [6.45, 7) is 11.9. The van der Waals surface area contributed by atoms with Gasteiger partial charge in [0.25, 0.3) is 0 Å². The Morgan fingerprint density at radius 2 is 0.474 bits per heavy atom. The molecule has 0 aliphatic carbocycles. The highest BCUT2D eigenvalue weighted by Crippen LogP contribution is 2.45. The van der Waals surface area contributed by atoms with Gasteiger partial charge in [-0.15, -0.1) is 0 Å². The summed E-state index contributed by atoms with van der Waals surface area (Å²) in [6, 6.07) is 0. The SMILES string of the molecule is CCCCCCCCCCC(=O)OC[C@H](COP(=O)(O)OC[C@H](O)COP(=O)(O)OC[C@@H](COC(=O)CCCCCCCCCCCCCCCC(C)C)OC(=O)CCCCCCCCCCCCCCCCC(C)C)OC(=O)CCCCCCCCCCCCCCCC(C)C. The molecule has 0 aromatic rings. The fourth-order valence-electron chi connectivity index (χ4n) is 12.0. The van der Waals surface area contributed by atoms with Crippen LogP contribution in [0.4, 0.5) is 0 Å². The fourth-order valence-corrected chi connectivity index (χ4v) is 13.5. The van der Waals surface area contributed by atoms with E-state index in [0.717, 1.165) is 114 Å². The summed E-state index contributed by atoms with van der Waals surface area (Å²) in [5, 5.41) is 10.6. The predicted octanol–water partition coefficient (Wildman–Crippen LogP) is 23.0. The first-order valence-corrected chi connectivity index (χ1v) is 43.3. The third-order valence-corrected chi connectivity index (χ3v) is 20.0. The quantitative estimate of drug-likeness (QED) is 0.0222. The Kier molecular flexibility index (Phi) is 67.1. The zero-order valence-electron chi connectivity index (χ0n) is 63.5. The molecule has 0 aliphatic rings. The van der Waals surface area contributed by atoms with Gasteiger partial charge in [-0.1, -0.05) is 350 Å². The molecule has 0 fully saturated rings. The average Bonchev–Trinajstić information content (AvgIpc) is 1.48. The molecule has 0 saturated carbocycles. The zero-order valence-corrected chi connectivity index (χ0v) is 65.3. The number of aliphatic hydroxyl groups excluding tert-OH is 1. The normalized spacial score (nSPS) is 14.0. The largest absolute Gasteiger partial charge is 0.472 e. The van der Waals surface area contributed by atoms with Crippen molar-refractivity contribution in [1.29, 1.82) is 0 Å². The van der Waals surface area contributed by atoms with Gasteiger partial charge in [0.1, 0.15) is 19.3 Å². The van der Waals surface area contributed by atoms with Crippen molar-refractivity contribution in [2.24, 2.45) is 17.8 Å². The molecular formula is C78H152O17P2.